The van der Waals surface area contributed by atoms with Gasteiger partial charge in [0.25, 0.3) is 0 Å². The molecule has 30 heavy (non-hydrogen) atoms. The zero-order valence-electron chi connectivity index (χ0n) is 18.1. The molecular formula is C25H37N3O2+2. The molecule has 5 nitrogen and oxygen atoms in total. The number of phenols is 1. The van der Waals surface area contributed by atoms with Crippen LogP contribution in [0.2, 0.25) is 0 Å². The summed E-state index contributed by atoms with van der Waals surface area (Å²) in [6.07, 6.45) is 5.35. The molecule has 2 aromatic rings. The van der Waals surface area contributed by atoms with Gasteiger partial charge in [-0.1, -0.05) is 0 Å². The largest absolute Gasteiger partial charge is 0.508 e. The molecule has 0 atom stereocenters. The van der Waals surface area contributed by atoms with Crippen molar-refractivity contribution >= 4 is 5.69 Å². The molecule has 0 saturated carbocycles. The van der Waals surface area contributed by atoms with Crippen LogP contribution in [0.1, 0.15) is 31.2 Å². The molecule has 0 bridgehead atoms. The first-order valence-corrected chi connectivity index (χ1v) is 11.7. The Bertz CT molecular complexity index is 749. The van der Waals surface area contributed by atoms with Gasteiger partial charge in [-0.25, -0.2) is 0 Å². The van der Waals surface area contributed by atoms with Crippen molar-refractivity contribution in [3.8, 4) is 11.5 Å². The Morgan fingerprint density at radius 3 is 2.20 bits per heavy atom. The number of quaternary nitrogens is 2. The lowest BCUT2D eigenvalue weighted by Crippen LogP contribution is -3.13. The van der Waals surface area contributed by atoms with E-state index in [4.69, 9.17) is 4.74 Å². The van der Waals surface area contributed by atoms with Crippen LogP contribution in [0.4, 0.5) is 5.69 Å². The van der Waals surface area contributed by atoms with E-state index >= 15 is 0 Å². The molecule has 3 N–H and O–H groups in total. The van der Waals surface area contributed by atoms with Gasteiger partial charge >= 0.3 is 0 Å². The van der Waals surface area contributed by atoms with Crippen molar-refractivity contribution in [3.05, 3.63) is 54.1 Å². The zero-order chi connectivity index (χ0) is 20.6. The maximum Gasteiger partial charge on any atom is 0.119 e. The van der Waals surface area contributed by atoms with E-state index in [1.807, 2.05) is 12.1 Å². The SMILES string of the molecule is Oc1ccc(N2CC[NH+](Cc3ccc(OCCC[NH+]4CCCCC4)cc3)CC2)cc1. The molecule has 4 rings (SSSR count). The number of nitrogens with zero attached hydrogens (tertiary/aromatic N) is 1. The smallest absolute Gasteiger partial charge is 0.119 e. The summed E-state index contributed by atoms with van der Waals surface area (Å²) < 4.78 is 5.97. The highest BCUT2D eigenvalue weighted by Crippen LogP contribution is 2.18. The molecule has 2 aliphatic heterocycles. The molecular weight excluding hydrogens is 374 g/mol. The van der Waals surface area contributed by atoms with E-state index in [2.05, 4.69) is 29.2 Å². The Hall–Kier alpha value is -2.24. The second-order valence-electron chi connectivity index (χ2n) is 8.84. The number of benzene rings is 2. The molecule has 5 heteroatoms. The summed E-state index contributed by atoms with van der Waals surface area (Å²) in [5.41, 5.74) is 2.59. The third-order valence-corrected chi connectivity index (χ3v) is 6.57. The summed E-state index contributed by atoms with van der Waals surface area (Å²) >= 11 is 0. The molecule has 2 saturated heterocycles. The van der Waals surface area contributed by atoms with E-state index in [1.165, 1.54) is 50.1 Å². The second-order valence-corrected chi connectivity index (χ2v) is 8.84. The molecule has 0 aliphatic carbocycles. The highest BCUT2D eigenvalue weighted by molar-refractivity contribution is 5.48. The standard InChI is InChI=1S/C25H35N3O2/c29-24-9-7-23(8-10-24)28-18-16-27(17-19-28)21-22-5-11-25(12-6-22)30-20-4-15-26-13-2-1-3-14-26/h5-12,29H,1-4,13-21H2/p+2. The van der Waals surface area contributed by atoms with Gasteiger partial charge in [0.15, 0.2) is 0 Å². The van der Waals surface area contributed by atoms with Crippen molar-refractivity contribution in [1.82, 2.24) is 0 Å². The third kappa shape index (κ3) is 6.13. The van der Waals surface area contributed by atoms with E-state index in [9.17, 15) is 5.11 Å². The van der Waals surface area contributed by atoms with Gasteiger partial charge in [0.1, 0.15) is 18.0 Å². The van der Waals surface area contributed by atoms with Gasteiger partial charge < -0.3 is 24.5 Å². The maximum absolute atomic E-state index is 9.46. The van der Waals surface area contributed by atoms with Crippen molar-refractivity contribution in [2.24, 2.45) is 0 Å². The molecule has 0 unspecified atom stereocenters. The van der Waals surface area contributed by atoms with Crippen molar-refractivity contribution in [1.29, 1.82) is 0 Å². The van der Waals surface area contributed by atoms with Crippen molar-refractivity contribution in [3.63, 3.8) is 0 Å². The average Bonchev–Trinajstić information content (AvgIpc) is 2.80. The lowest BCUT2D eigenvalue weighted by atomic mass is 10.1. The highest BCUT2D eigenvalue weighted by atomic mass is 16.5. The van der Waals surface area contributed by atoms with Gasteiger partial charge in [0.2, 0.25) is 0 Å². The lowest BCUT2D eigenvalue weighted by Gasteiger charge is -2.33. The average molecular weight is 412 g/mol. The van der Waals surface area contributed by atoms with E-state index in [1.54, 1.807) is 21.9 Å². The fraction of sp³-hybridized carbons (Fsp3) is 0.520. The van der Waals surface area contributed by atoms with E-state index < -0.39 is 0 Å². The molecule has 2 aromatic carbocycles. The Morgan fingerprint density at radius 1 is 0.800 bits per heavy atom. The van der Waals surface area contributed by atoms with Crippen LogP contribution in [0.5, 0.6) is 11.5 Å². The summed E-state index contributed by atoms with van der Waals surface area (Å²) in [6, 6.07) is 16.3. The summed E-state index contributed by atoms with van der Waals surface area (Å²) in [5.74, 6) is 1.33. The van der Waals surface area contributed by atoms with Gasteiger partial charge in [0.05, 0.1) is 52.4 Å². The number of hydrogen-bond donors (Lipinski definition) is 3. The van der Waals surface area contributed by atoms with Crippen LogP contribution in [-0.4, -0.2) is 57.5 Å². The van der Waals surface area contributed by atoms with E-state index in [-0.39, 0.29) is 0 Å². The van der Waals surface area contributed by atoms with E-state index in [0.717, 1.165) is 51.5 Å². The van der Waals surface area contributed by atoms with E-state index in [0.29, 0.717) is 5.75 Å². The number of rotatable bonds is 8. The number of nitrogens with one attached hydrogen (secondary N) is 2. The second kappa shape index (κ2) is 10.7. The Balaban J connectivity index is 1.15. The number of phenolic OH excluding ortho intramolecular Hbond substituents is 1. The molecule has 0 amide bonds. The van der Waals surface area contributed by atoms with Gasteiger partial charge in [-0.3, -0.25) is 0 Å². The topological polar surface area (TPSA) is 41.6 Å². The van der Waals surface area contributed by atoms with Crippen LogP contribution in [0, 0.1) is 0 Å². The summed E-state index contributed by atoms with van der Waals surface area (Å²) in [4.78, 5) is 5.79. The summed E-state index contributed by atoms with van der Waals surface area (Å²) in [7, 11) is 0. The number of likely N-dealkylation sites (tertiary alicyclic amines) is 1. The first-order chi connectivity index (χ1) is 14.8. The Labute approximate surface area is 180 Å². The van der Waals surface area contributed by atoms with Gasteiger partial charge in [-0.15, -0.1) is 0 Å². The molecule has 2 fully saturated rings. The van der Waals surface area contributed by atoms with Crippen molar-refractivity contribution < 1.29 is 19.6 Å². The van der Waals surface area contributed by atoms with Crippen LogP contribution in [0.25, 0.3) is 0 Å². The number of anilines is 1. The highest BCUT2D eigenvalue weighted by Gasteiger charge is 2.20. The molecule has 2 aliphatic rings. The molecule has 0 spiro atoms. The number of aromatic hydroxyl groups is 1. The minimum atomic E-state index is 0.332. The van der Waals surface area contributed by atoms with Crippen molar-refractivity contribution in [2.45, 2.75) is 32.2 Å². The minimum Gasteiger partial charge on any atom is -0.508 e. The maximum atomic E-state index is 9.46. The van der Waals surface area contributed by atoms with Gasteiger partial charge in [0, 0.05) is 17.7 Å². The minimum absolute atomic E-state index is 0.332. The fourth-order valence-electron chi connectivity index (χ4n) is 4.73. The van der Waals surface area contributed by atoms with Crippen LogP contribution in [0.15, 0.2) is 48.5 Å². The quantitative estimate of drug-likeness (QED) is 0.571. The Morgan fingerprint density at radius 2 is 1.50 bits per heavy atom. The normalized spacial score (nSPS) is 18.5. The monoisotopic (exact) mass is 411 g/mol. The molecule has 0 radical (unpaired) electrons. The lowest BCUT2D eigenvalue weighted by molar-refractivity contribution is -0.914. The predicted octanol–water partition coefficient (Wildman–Crippen LogP) is 1.14. The Kier molecular flexibility index (Phi) is 7.49. The van der Waals surface area contributed by atoms with Crippen LogP contribution in [-0.2, 0) is 6.54 Å². The third-order valence-electron chi connectivity index (χ3n) is 6.57. The molecule has 0 aromatic heterocycles. The van der Waals surface area contributed by atoms with Gasteiger partial charge in [-0.05, 0) is 67.8 Å². The summed E-state index contributed by atoms with van der Waals surface area (Å²) in [5, 5.41) is 9.46. The number of piperidine rings is 1. The number of ether oxygens (including phenoxy) is 1. The number of piperazine rings is 1. The zero-order valence-corrected chi connectivity index (χ0v) is 18.1. The van der Waals surface area contributed by atoms with Crippen LogP contribution < -0.4 is 19.4 Å². The first kappa shape index (κ1) is 21.0. The van der Waals surface area contributed by atoms with Crippen LogP contribution >= 0.6 is 0 Å². The number of hydrogen-bond acceptors (Lipinski definition) is 3. The first-order valence-electron chi connectivity index (χ1n) is 11.7. The fourth-order valence-corrected chi connectivity index (χ4v) is 4.73. The molecule has 2 heterocycles. The van der Waals surface area contributed by atoms with Gasteiger partial charge in [-0.2, -0.15) is 0 Å². The predicted molar refractivity (Wildman–Crippen MR) is 121 cm³/mol. The summed E-state index contributed by atoms with van der Waals surface area (Å²) in [6.45, 7) is 10.2. The molecule has 162 valence electrons. The van der Waals surface area contributed by atoms with Crippen LogP contribution in [0.3, 0.4) is 0 Å². The van der Waals surface area contributed by atoms with Crippen molar-refractivity contribution in [2.75, 3.05) is 57.3 Å².